The fraction of sp³-hybridized carbons (Fsp3) is 0.490. The van der Waals surface area contributed by atoms with Crippen molar-refractivity contribution in [1.82, 2.24) is 29.7 Å². The number of halogens is 1. The van der Waals surface area contributed by atoms with Gasteiger partial charge in [0.25, 0.3) is 0 Å². The molecule has 68 heavy (non-hydrogen) atoms. The van der Waals surface area contributed by atoms with E-state index in [1.807, 2.05) is 73.0 Å². The lowest BCUT2D eigenvalue weighted by atomic mass is 10.1. The van der Waals surface area contributed by atoms with Crippen molar-refractivity contribution in [2.24, 2.45) is 0 Å². The van der Waals surface area contributed by atoms with Crippen LogP contribution in [0.5, 0.6) is 0 Å². The van der Waals surface area contributed by atoms with Crippen LogP contribution in [0.1, 0.15) is 99.8 Å². The molecule has 2 saturated heterocycles. The van der Waals surface area contributed by atoms with E-state index in [1.165, 1.54) is 0 Å². The van der Waals surface area contributed by atoms with Gasteiger partial charge in [0.05, 0.1) is 65.6 Å². The number of methoxy groups -OCH3 is 2. The third-order valence-corrected chi connectivity index (χ3v) is 13.1. The molecule has 17 heteroatoms. The van der Waals surface area contributed by atoms with E-state index >= 15 is 0 Å². The number of piperazine rings is 2. The molecule has 6 heterocycles. The maximum Gasteiger partial charge on any atom is 0.225 e. The van der Waals surface area contributed by atoms with E-state index in [9.17, 15) is 20.1 Å². The number of aromatic nitrogens is 4. The Morgan fingerprint density at radius 1 is 0.750 bits per heavy atom. The monoisotopic (exact) mass is 944 g/mol. The Bertz CT molecular complexity index is 2520. The van der Waals surface area contributed by atoms with E-state index in [2.05, 4.69) is 43.4 Å². The van der Waals surface area contributed by atoms with Crippen molar-refractivity contribution in [3.8, 4) is 12.1 Å². The van der Waals surface area contributed by atoms with Gasteiger partial charge in [0.2, 0.25) is 11.8 Å². The summed E-state index contributed by atoms with van der Waals surface area (Å²) in [5.74, 6) is 2.43. The zero-order chi connectivity index (χ0) is 47.8. The molecular formula is C51H65ClN12O4. The molecule has 2 atom stereocenters. The lowest BCUT2D eigenvalue weighted by Crippen LogP contribution is -2.54. The van der Waals surface area contributed by atoms with Crippen LogP contribution in [-0.4, -0.2) is 134 Å². The molecule has 360 valence electrons. The molecule has 8 rings (SSSR count). The number of hydrogen-bond acceptors (Lipinski definition) is 14. The van der Waals surface area contributed by atoms with Gasteiger partial charge in [-0.05, 0) is 82.0 Å². The summed E-state index contributed by atoms with van der Waals surface area (Å²) in [4.78, 5) is 55.7. The molecule has 4 aliphatic rings. The van der Waals surface area contributed by atoms with E-state index in [0.717, 1.165) is 71.3 Å². The first-order valence-corrected chi connectivity index (χ1v) is 23.4. The predicted molar refractivity (Wildman–Crippen MR) is 268 cm³/mol. The molecule has 16 nitrogen and oxygen atoms in total. The van der Waals surface area contributed by atoms with Crippen LogP contribution in [0.15, 0.2) is 55.4 Å². The van der Waals surface area contributed by atoms with Gasteiger partial charge in [0.1, 0.15) is 28.9 Å². The zero-order valence-electron chi connectivity index (χ0n) is 39.5. The second-order valence-electron chi connectivity index (χ2n) is 17.6. The van der Waals surface area contributed by atoms with Crippen molar-refractivity contribution < 1.29 is 19.1 Å². The fourth-order valence-electron chi connectivity index (χ4n) is 8.85. The predicted octanol–water partition coefficient (Wildman–Crippen LogP) is 8.07. The minimum Gasteiger partial charge on any atom is -0.384 e. The van der Waals surface area contributed by atoms with Crippen LogP contribution in [0.4, 0.5) is 34.4 Å². The molecule has 4 fully saturated rings. The highest BCUT2D eigenvalue weighted by atomic mass is 35.5. The number of carbonyl (C=O) groups excluding carboxylic acids is 2. The highest BCUT2D eigenvalue weighted by molar-refractivity contribution is 6.29. The summed E-state index contributed by atoms with van der Waals surface area (Å²) >= 11 is 6.10. The van der Waals surface area contributed by atoms with Gasteiger partial charge in [-0.2, -0.15) is 10.5 Å². The Morgan fingerprint density at radius 2 is 1.19 bits per heavy atom. The SMILES string of the molecule is C.C=Cc1cc(N(C)c2cc(C#N)c(N3CCN(C(=O)CCOC)[C@H](C)C3)nc2C2CC2)ccn1.COCCC(=O)N1CCN(c2nc(C3CC3)c(N(C)c3ccnc(Cl)c3)cc2C#N)C[C@H]1C. The Balaban J connectivity index is 0.000000221. The first-order valence-electron chi connectivity index (χ1n) is 23.0. The summed E-state index contributed by atoms with van der Waals surface area (Å²) in [6.07, 6.45) is 10.3. The number of anilines is 6. The Hall–Kier alpha value is -6.33. The van der Waals surface area contributed by atoms with Crippen molar-refractivity contribution >= 4 is 63.9 Å². The third-order valence-electron chi connectivity index (χ3n) is 12.9. The minimum absolute atomic E-state index is 0. The number of nitrogens with zero attached hydrogens (tertiary/aromatic N) is 12. The molecule has 0 radical (unpaired) electrons. The summed E-state index contributed by atoms with van der Waals surface area (Å²) in [6.45, 7) is 12.5. The van der Waals surface area contributed by atoms with Crippen LogP contribution in [0.3, 0.4) is 0 Å². The van der Waals surface area contributed by atoms with Gasteiger partial charge >= 0.3 is 0 Å². The summed E-state index contributed by atoms with van der Waals surface area (Å²) in [6, 6.07) is 16.3. The smallest absolute Gasteiger partial charge is 0.225 e. The third kappa shape index (κ3) is 11.8. The average molecular weight is 946 g/mol. The Kier molecular flexibility index (Phi) is 17.4. The van der Waals surface area contributed by atoms with Crippen molar-refractivity contribution in [1.29, 1.82) is 10.5 Å². The molecule has 2 aliphatic heterocycles. The van der Waals surface area contributed by atoms with Gasteiger partial charge in [-0.3, -0.25) is 14.6 Å². The maximum atomic E-state index is 12.5. The van der Waals surface area contributed by atoms with E-state index in [0.29, 0.717) is 99.3 Å². The second kappa shape index (κ2) is 23.1. The first-order chi connectivity index (χ1) is 32.4. The quantitative estimate of drug-likeness (QED) is 0.105. The second-order valence-corrected chi connectivity index (χ2v) is 18.0. The number of carbonyl (C=O) groups is 2. The van der Waals surface area contributed by atoms with E-state index < -0.39 is 0 Å². The van der Waals surface area contributed by atoms with Crippen molar-refractivity contribution in [3.63, 3.8) is 0 Å². The van der Waals surface area contributed by atoms with Gasteiger partial charge in [0, 0.05) is 115 Å². The molecule has 2 aliphatic carbocycles. The van der Waals surface area contributed by atoms with Crippen LogP contribution in [0.2, 0.25) is 5.15 Å². The molecule has 4 aromatic heterocycles. The van der Waals surface area contributed by atoms with Crippen LogP contribution in [0.25, 0.3) is 6.08 Å². The Morgan fingerprint density at radius 3 is 1.57 bits per heavy atom. The highest BCUT2D eigenvalue weighted by Crippen LogP contribution is 2.47. The molecule has 0 N–H and O–H groups in total. The van der Waals surface area contributed by atoms with E-state index in [1.54, 1.807) is 38.8 Å². The summed E-state index contributed by atoms with van der Waals surface area (Å²) in [5, 5.41) is 20.4. The van der Waals surface area contributed by atoms with Crippen LogP contribution < -0.4 is 19.6 Å². The summed E-state index contributed by atoms with van der Waals surface area (Å²) in [7, 11) is 7.17. The van der Waals surface area contributed by atoms with Crippen molar-refractivity contribution in [2.45, 2.75) is 83.7 Å². The van der Waals surface area contributed by atoms with Gasteiger partial charge in [-0.1, -0.05) is 25.6 Å². The number of ether oxygens (including phenoxy) is 2. The normalized spacial score (nSPS) is 17.8. The largest absolute Gasteiger partial charge is 0.384 e. The fourth-order valence-corrected chi connectivity index (χ4v) is 9.02. The molecule has 0 spiro atoms. The maximum absolute atomic E-state index is 12.5. The van der Waals surface area contributed by atoms with Crippen LogP contribution >= 0.6 is 11.6 Å². The number of nitriles is 2. The summed E-state index contributed by atoms with van der Waals surface area (Å²) < 4.78 is 10.1. The average Bonchev–Trinajstić information content (AvgIpc) is 4.30. The number of amides is 2. The first kappa shape index (κ1) is 51.1. The number of hydrogen-bond donors (Lipinski definition) is 0. The number of rotatable bonds is 15. The molecule has 0 unspecified atom stereocenters. The van der Waals surface area contributed by atoms with Gasteiger partial charge in [-0.15, -0.1) is 0 Å². The molecule has 0 aromatic carbocycles. The standard InChI is InChI=1S/C26H32N6O2.C24H29ClN6O2.CH4/c1-5-21-15-22(8-10-28-21)30(3)23-14-20(16-27)26(29-25(23)19-6-7-19)31-11-12-32(18(2)17-31)24(33)9-13-34-4;1-16-15-30(9-10-31(16)22(32)7-11-33-3)24-18(14-26)12-20(23(28-24)17-4-5-17)29(2)19-6-8-27-21(25)13-19;/h5,8,10,14-15,18-19H,1,6-7,9,11-13,17H2,2-4H3;6,8,12-13,16-17H,4-5,7,9-11,15H2,1-3H3;1H4/t18-;16-;/m11./s1. The molecule has 4 aromatic rings. The van der Waals surface area contributed by atoms with E-state index in [4.69, 9.17) is 31.0 Å². The van der Waals surface area contributed by atoms with Crippen LogP contribution in [-0.2, 0) is 19.1 Å². The number of pyridine rings is 4. The molecule has 0 bridgehead atoms. The zero-order valence-corrected chi connectivity index (χ0v) is 40.2. The molecule has 2 saturated carbocycles. The lowest BCUT2D eigenvalue weighted by Gasteiger charge is -2.41. The van der Waals surface area contributed by atoms with Gasteiger partial charge < -0.3 is 38.9 Å². The van der Waals surface area contributed by atoms with Crippen molar-refractivity contribution in [3.05, 3.63) is 88.7 Å². The topological polar surface area (TPSA) is 171 Å². The highest BCUT2D eigenvalue weighted by Gasteiger charge is 2.36. The lowest BCUT2D eigenvalue weighted by molar-refractivity contribution is -0.135. The van der Waals surface area contributed by atoms with Gasteiger partial charge in [-0.25, -0.2) is 15.0 Å². The minimum atomic E-state index is 0. The molecule has 2 amide bonds. The molecular weight excluding hydrogens is 880 g/mol. The van der Waals surface area contributed by atoms with Crippen molar-refractivity contribution in [2.75, 3.05) is 100 Å². The summed E-state index contributed by atoms with van der Waals surface area (Å²) in [5.41, 5.74) is 7.66. The van der Waals surface area contributed by atoms with E-state index in [-0.39, 0.29) is 31.3 Å². The Labute approximate surface area is 406 Å². The van der Waals surface area contributed by atoms with Crippen LogP contribution in [0, 0.1) is 22.7 Å². The van der Waals surface area contributed by atoms with Gasteiger partial charge in [0.15, 0.2) is 0 Å².